The van der Waals surface area contributed by atoms with Gasteiger partial charge in [-0.15, -0.1) is 0 Å². The second kappa shape index (κ2) is 10.7. The number of unbranched alkanes of at least 4 members (excludes halogenated alkanes) is 9. The summed E-state index contributed by atoms with van der Waals surface area (Å²) in [7, 11) is 0. The van der Waals surface area contributed by atoms with Gasteiger partial charge in [0.1, 0.15) is 0 Å². The minimum atomic E-state index is 1.19. The highest BCUT2D eigenvalue weighted by Crippen LogP contribution is 2.45. The van der Waals surface area contributed by atoms with Crippen LogP contribution in [-0.2, 0) is 6.42 Å². The first-order chi connectivity index (χ1) is 12.9. The summed E-state index contributed by atoms with van der Waals surface area (Å²) < 4.78 is 0. The summed E-state index contributed by atoms with van der Waals surface area (Å²) in [6.07, 6.45) is 15.2. The molecule has 0 atom stereocenters. The summed E-state index contributed by atoms with van der Waals surface area (Å²) in [5.74, 6) is 0. The SMILES string of the molecule is CCCCCCCCCCCCc1cccc2c1Nc1ccccc1S2. The smallest absolute Gasteiger partial charge is 0.0558 e. The lowest BCUT2D eigenvalue weighted by molar-refractivity contribution is 0.556. The molecular weight excluding hydrogens is 334 g/mol. The summed E-state index contributed by atoms with van der Waals surface area (Å²) >= 11 is 1.89. The molecule has 1 N–H and O–H groups in total. The number of hydrogen-bond acceptors (Lipinski definition) is 2. The molecule has 2 aromatic rings. The zero-order valence-electron chi connectivity index (χ0n) is 16.2. The topological polar surface area (TPSA) is 12.0 Å². The van der Waals surface area contributed by atoms with Gasteiger partial charge in [0.25, 0.3) is 0 Å². The van der Waals surface area contributed by atoms with E-state index in [1.807, 2.05) is 11.8 Å². The number of anilines is 2. The van der Waals surface area contributed by atoms with Gasteiger partial charge in [-0.1, -0.05) is 101 Å². The van der Waals surface area contributed by atoms with Crippen molar-refractivity contribution in [3.63, 3.8) is 0 Å². The van der Waals surface area contributed by atoms with Gasteiger partial charge in [0, 0.05) is 9.79 Å². The van der Waals surface area contributed by atoms with Crippen LogP contribution in [0.3, 0.4) is 0 Å². The van der Waals surface area contributed by atoms with Gasteiger partial charge in [0.2, 0.25) is 0 Å². The van der Waals surface area contributed by atoms with Crippen molar-refractivity contribution in [3.05, 3.63) is 48.0 Å². The van der Waals surface area contributed by atoms with Crippen LogP contribution in [0.5, 0.6) is 0 Å². The molecule has 1 aliphatic rings. The first kappa shape index (κ1) is 19.4. The molecule has 140 valence electrons. The summed E-state index contributed by atoms with van der Waals surface area (Å²) in [5, 5.41) is 3.67. The fourth-order valence-electron chi connectivity index (χ4n) is 3.73. The van der Waals surface area contributed by atoms with Gasteiger partial charge >= 0.3 is 0 Å². The van der Waals surface area contributed by atoms with Gasteiger partial charge in [-0.25, -0.2) is 0 Å². The Hall–Kier alpha value is -1.41. The largest absolute Gasteiger partial charge is 0.353 e. The Bertz CT molecular complexity index is 680. The van der Waals surface area contributed by atoms with E-state index < -0.39 is 0 Å². The lowest BCUT2D eigenvalue weighted by Gasteiger charge is -2.23. The molecule has 0 radical (unpaired) electrons. The third kappa shape index (κ3) is 5.54. The maximum atomic E-state index is 3.67. The average Bonchev–Trinajstić information content (AvgIpc) is 2.68. The van der Waals surface area contributed by atoms with Crippen LogP contribution in [0.15, 0.2) is 52.3 Å². The predicted octanol–water partition coefficient (Wildman–Crippen LogP) is 8.36. The van der Waals surface area contributed by atoms with Crippen molar-refractivity contribution in [3.8, 4) is 0 Å². The maximum Gasteiger partial charge on any atom is 0.0558 e. The van der Waals surface area contributed by atoms with Crippen molar-refractivity contribution >= 4 is 23.1 Å². The Morgan fingerprint density at radius 2 is 1.35 bits per heavy atom. The van der Waals surface area contributed by atoms with Crippen molar-refractivity contribution in [2.24, 2.45) is 0 Å². The second-order valence-corrected chi connectivity index (χ2v) is 8.53. The molecule has 0 bridgehead atoms. The molecule has 1 heterocycles. The van der Waals surface area contributed by atoms with E-state index in [4.69, 9.17) is 0 Å². The Morgan fingerprint density at radius 1 is 0.692 bits per heavy atom. The van der Waals surface area contributed by atoms with E-state index in [1.54, 1.807) is 0 Å². The Kier molecular flexibility index (Phi) is 7.94. The lowest BCUT2D eigenvalue weighted by atomic mass is 10.0. The van der Waals surface area contributed by atoms with Crippen molar-refractivity contribution in [2.75, 3.05) is 5.32 Å². The Labute approximate surface area is 164 Å². The molecule has 2 heteroatoms. The van der Waals surface area contributed by atoms with Crippen LogP contribution >= 0.6 is 11.8 Å². The summed E-state index contributed by atoms with van der Waals surface area (Å²) in [4.78, 5) is 2.70. The van der Waals surface area contributed by atoms with Crippen LogP contribution < -0.4 is 5.32 Å². The normalized spacial score (nSPS) is 12.3. The highest BCUT2D eigenvalue weighted by Gasteiger charge is 2.17. The number of rotatable bonds is 11. The molecular formula is C24H33NS. The van der Waals surface area contributed by atoms with E-state index in [0.717, 1.165) is 0 Å². The number of hydrogen-bond donors (Lipinski definition) is 1. The van der Waals surface area contributed by atoms with Crippen molar-refractivity contribution in [1.29, 1.82) is 0 Å². The summed E-state index contributed by atoms with van der Waals surface area (Å²) in [6.45, 7) is 2.29. The van der Waals surface area contributed by atoms with Crippen molar-refractivity contribution in [1.82, 2.24) is 0 Å². The molecule has 0 amide bonds. The molecule has 0 fully saturated rings. The monoisotopic (exact) mass is 367 g/mol. The molecule has 0 saturated carbocycles. The summed E-state index contributed by atoms with van der Waals surface area (Å²) in [5.41, 5.74) is 4.07. The first-order valence-corrected chi connectivity index (χ1v) is 11.4. The van der Waals surface area contributed by atoms with E-state index in [-0.39, 0.29) is 0 Å². The van der Waals surface area contributed by atoms with Crippen LogP contribution in [0.1, 0.15) is 76.7 Å². The number of aryl methyl sites for hydroxylation is 1. The molecule has 0 spiro atoms. The van der Waals surface area contributed by atoms with E-state index >= 15 is 0 Å². The highest BCUT2D eigenvalue weighted by molar-refractivity contribution is 7.99. The fourth-order valence-corrected chi connectivity index (χ4v) is 4.77. The quantitative estimate of drug-likeness (QED) is 0.342. The van der Waals surface area contributed by atoms with E-state index in [0.29, 0.717) is 0 Å². The van der Waals surface area contributed by atoms with Crippen molar-refractivity contribution < 1.29 is 0 Å². The standard InChI is InChI=1S/C24H33NS/c1-2-3-4-5-6-7-8-9-10-11-15-20-16-14-19-23-24(20)25-21-17-12-13-18-22(21)26-23/h12-14,16-19,25H,2-11,15H2,1H3. The molecule has 1 nitrogen and oxygen atoms in total. The van der Waals surface area contributed by atoms with Crippen LogP contribution in [0, 0.1) is 0 Å². The van der Waals surface area contributed by atoms with Gasteiger partial charge in [-0.05, 0) is 36.6 Å². The minimum Gasteiger partial charge on any atom is -0.353 e. The van der Waals surface area contributed by atoms with E-state index in [9.17, 15) is 0 Å². The first-order valence-electron chi connectivity index (χ1n) is 10.5. The van der Waals surface area contributed by atoms with Crippen LogP contribution in [0.4, 0.5) is 11.4 Å². The average molecular weight is 368 g/mol. The molecule has 0 aliphatic carbocycles. The van der Waals surface area contributed by atoms with Crippen LogP contribution in [0.25, 0.3) is 0 Å². The zero-order valence-corrected chi connectivity index (χ0v) is 17.0. The molecule has 1 aliphatic heterocycles. The van der Waals surface area contributed by atoms with E-state index in [2.05, 4.69) is 54.7 Å². The van der Waals surface area contributed by atoms with Gasteiger partial charge in [0.05, 0.1) is 11.4 Å². The Morgan fingerprint density at radius 3 is 2.12 bits per heavy atom. The minimum absolute atomic E-state index is 1.19. The number of para-hydroxylation sites is 2. The van der Waals surface area contributed by atoms with Gasteiger partial charge in [0.15, 0.2) is 0 Å². The maximum absolute atomic E-state index is 3.67. The van der Waals surface area contributed by atoms with Crippen molar-refractivity contribution in [2.45, 2.75) is 87.3 Å². The van der Waals surface area contributed by atoms with Gasteiger partial charge < -0.3 is 5.32 Å². The van der Waals surface area contributed by atoms with Gasteiger partial charge in [-0.2, -0.15) is 0 Å². The zero-order chi connectivity index (χ0) is 18.0. The summed E-state index contributed by atoms with van der Waals surface area (Å²) in [6, 6.07) is 15.4. The third-order valence-electron chi connectivity index (χ3n) is 5.28. The second-order valence-electron chi connectivity index (χ2n) is 7.45. The molecule has 0 aromatic heterocycles. The predicted molar refractivity (Wildman–Crippen MR) is 116 cm³/mol. The van der Waals surface area contributed by atoms with Crippen LogP contribution in [-0.4, -0.2) is 0 Å². The van der Waals surface area contributed by atoms with Gasteiger partial charge in [-0.3, -0.25) is 0 Å². The molecule has 0 unspecified atom stereocenters. The number of fused-ring (bicyclic) bond motifs is 2. The fraction of sp³-hybridized carbons (Fsp3) is 0.500. The molecule has 26 heavy (non-hydrogen) atoms. The molecule has 2 aromatic carbocycles. The highest BCUT2D eigenvalue weighted by atomic mass is 32.2. The van der Waals surface area contributed by atoms with E-state index in [1.165, 1.54) is 97.4 Å². The third-order valence-corrected chi connectivity index (χ3v) is 6.41. The van der Waals surface area contributed by atoms with Crippen LogP contribution in [0.2, 0.25) is 0 Å². The molecule has 3 rings (SSSR count). The number of benzene rings is 2. The lowest BCUT2D eigenvalue weighted by Crippen LogP contribution is -2.03. The Balaban J connectivity index is 1.39. The number of nitrogens with one attached hydrogen (secondary N) is 1. The molecule has 0 saturated heterocycles.